The number of Topliss-reactive ketones (excluding diaryl/α,β-unsaturated/α-hetero) is 1. The topological polar surface area (TPSA) is 174 Å². The number of methoxy groups -OCH3 is 2. The molecule has 4 bridgehead atoms. The fourth-order valence-electron chi connectivity index (χ4n) is 6.88. The van der Waals surface area contributed by atoms with Gasteiger partial charge in [-0.05, 0) is 63.9 Å². The number of amides is 3. The molecule has 3 aliphatic heterocycles. The Bertz CT molecular complexity index is 1900. The lowest BCUT2D eigenvalue weighted by molar-refractivity contribution is -0.158. The third kappa shape index (κ3) is 9.04. The molecule has 2 aromatic rings. The molecule has 15 heteroatoms. The van der Waals surface area contributed by atoms with E-state index in [0.717, 1.165) is 11.1 Å². The number of carbonyl (C=O) groups is 5. The highest BCUT2D eigenvalue weighted by Crippen LogP contribution is 2.47. The maximum atomic E-state index is 14.1. The molecule has 55 heavy (non-hydrogen) atoms. The molecule has 3 unspecified atom stereocenters. The number of fused-ring (bicyclic) bond motifs is 5. The minimum absolute atomic E-state index is 0.0617. The van der Waals surface area contributed by atoms with Crippen molar-refractivity contribution in [1.82, 2.24) is 10.2 Å². The number of anilines is 1. The zero-order valence-corrected chi connectivity index (χ0v) is 33.0. The summed E-state index contributed by atoms with van der Waals surface area (Å²) in [5.41, 5.74) is -0.297. The summed E-state index contributed by atoms with van der Waals surface area (Å²) < 4.78 is 28.9. The van der Waals surface area contributed by atoms with E-state index < -0.39 is 65.7 Å². The molecule has 3 heterocycles. The van der Waals surface area contributed by atoms with Crippen LogP contribution in [0, 0.1) is 0 Å². The van der Waals surface area contributed by atoms with Gasteiger partial charge in [-0.25, -0.2) is 9.59 Å². The summed E-state index contributed by atoms with van der Waals surface area (Å²) in [6, 6.07) is 8.53. The molecule has 0 radical (unpaired) electrons. The van der Waals surface area contributed by atoms with E-state index in [1.807, 2.05) is 13.0 Å². The third-order valence-electron chi connectivity index (χ3n) is 10.5. The van der Waals surface area contributed by atoms with Gasteiger partial charge in [0.05, 0.1) is 25.3 Å². The van der Waals surface area contributed by atoms with E-state index in [-0.39, 0.29) is 35.6 Å². The number of epoxide rings is 1. The van der Waals surface area contributed by atoms with Gasteiger partial charge in [0.25, 0.3) is 5.91 Å². The highest BCUT2D eigenvalue weighted by atomic mass is 35.5. The minimum Gasteiger partial charge on any atom is -0.495 e. The molecular weight excluding hydrogens is 734 g/mol. The molecule has 2 fully saturated rings. The van der Waals surface area contributed by atoms with Crippen LogP contribution < -0.4 is 15.0 Å². The van der Waals surface area contributed by atoms with Crippen LogP contribution in [-0.4, -0.2) is 110 Å². The zero-order valence-electron chi connectivity index (χ0n) is 32.2. The van der Waals surface area contributed by atoms with Gasteiger partial charge in [-0.15, -0.1) is 0 Å². The molecule has 2 saturated heterocycles. The zero-order chi connectivity index (χ0) is 40.4. The van der Waals surface area contributed by atoms with Gasteiger partial charge < -0.3 is 38.6 Å². The lowest BCUT2D eigenvalue weighted by atomic mass is 9.90. The average molecular weight is 782 g/mol. The van der Waals surface area contributed by atoms with Crippen LogP contribution in [-0.2, 0) is 35.0 Å². The van der Waals surface area contributed by atoms with E-state index in [9.17, 15) is 29.1 Å². The van der Waals surface area contributed by atoms with Gasteiger partial charge in [0.2, 0.25) is 5.91 Å². The molecule has 0 saturated carbocycles. The number of allylic oxidation sites excluding steroid dienone is 3. The molecule has 5 rings (SSSR count). The van der Waals surface area contributed by atoms with Crippen molar-refractivity contribution >= 4 is 46.9 Å². The second-order valence-corrected chi connectivity index (χ2v) is 14.9. The van der Waals surface area contributed by atoms with Gasteiger partial charge in [-0.3, -0.25) is 19.7 Å². The first-order valence-corrected chi connectivity index (χ1v) is 18.3. The summed E-state index contributed by atoms with van der Waals surface area (Å²) >= 11 is 6.75. The highest BCUT2D eigenvalue weighted by molar-refractivity contribution is 6.35. The smallest absolute Gasteiger partial charge is 0.409 e. The van der Waals surface area contributed by atoms with Gasteiger partial charge in [0.1, 0.15) is 40.7 Å². The van der Waals surface area contributed by atoms with Crippen LogP contribution in [0.1, 0.15) is 73.2 Å². The quantitative estimate of drug-likeness (QED) is 0.225. The van der Waals surface area contributed by atoms with Crippen molar-refractivity contribution in [2.45, 2.75) is 95.2 Å². The van der Waals surface area contributed by atoms with Gasteiger partial charge in [-0.2, -0.15) is 0 Å². The lowest BCUT2D eigenvalue weighted by Crippen LogP contribution is -2.62. The van der Waals surface area contributed by atoms with Crippen LogP contribution in [0.4, 0.5) is 10.5 Å². The fraction of sp³-hybridized carbons (Fsp3) is 0.475. The molecule has 2 aromatic carbocycles. The Labute approximate surface area is 325 Å². The first-order chi connectivity index (χ1) is 25.9. The summed E-state index contributed by atoms with van der Waals surface area (Å²) in [7, 11) is 5.90. The monoisotopic (exact) mass is 781 g/mol. The summed E-state index contributed by atoms with van der Waals surface area (Å²) in [6.45, 7) is 6.51. The maximum absolute atomic E-state index is 14.1. The van der Waals surface area contributed by atoms with Crippen LogP contribution in [0.5, 0.6) is 5.75 Å². The van der Waals surface area contributed by atoms with Crippen LogP contribution in [0.3, 0.4) is 0 Å². The number of nitrogens with one attached hydrogen (secondary N) is 1. The predicted octanol–water partition coefficient (Wildman–Crippen LogP) is 4.78. The molecule has 3 aliphatic rings. The van der Waals surface area contributed by atoms with Gasteiger partial charge in [0, 0.05) is 45.2 Å². The Balaban J connectivity index is 1.48. The predicted molar refractivity (Wildman–Crippen MR) is 202 cm³/mol. The molecular formula is C40H48ClN3O11. The number of carbonyl (C=O) groups excluding carboxylic acids is 5. The lowest BCUT2D eigenvalue weighted by Gasteiger charge is -2.40. The van der Waals surface area contributed by atoms with Crippen LogP contribution in [0.15, 0.2) is 60.2 Å². The Morgan fingerprint density at radius 3 is 2.44 bits per heavy atom. The number of likely N-dealkylation sites (N-methyl/N-ethyl adjacent to an activating group) is 1. The molecule has 14 nitrogen and oxygen atoms in total. The number of hydrogen-bond acceptors (Lipinski definition) is 11. The summed E-state index contributed by atoms with van der Waals surface area (Å²) in [4.78, 5) is 68.3. The van der Waals surface area contributed by atoms with E-state index in [1.54, 1.807) is 38.3 Å². The Hall–Kier alpha value is -4.76. The van der Waals surface area contributed by atoms with Crippen molar-refractivity contribution in [3.8, 4) is 5.75 Å². The number of ketones is 1. The Kier molecular flexibility index (Phi) is 12.4. The summed E-state index contributed by atoms with van der Waals surface area (Å²) in [6.07, 6.45) is 0.854. The van der Waals surface area contributed by atoms with Crippen LogP contribution in [0.2, 0.25) is 5.02 Å². The molecule has 7 atom stereocenters. The van der Waals surface area contributed by atoms with Crippen molar-refractivity contribution in [3.63, 3.8) is 0 Å². The second kappa shape index (κ2) is 16.5. The summed E-state index contributed by atoms with van der Waals surface area (Å²) in [5, 5.41) is 14.3. The number of benzene rings is 2. The minimum atomic E-state index is -1.83. The van der Waals surface area contributed by atoms with Crippen molar-refractivity contribution in [3.05, 3.63) is 81.9 Å². The Morgan fingerprint density at radius 2 is 1.80 bits per heavy atom. The standard InChI is InChI=1S/C40H48ClN3O11/c1-22-10-9-11-31(52-8)40(50)21-28(53-38(49)42-40)19-33-39(4,55-33)32(20-34(46)44(6)29-17-25(16-22)18-30(51-7)35(29)41)54-37(48)23(2)43(5)36(47)27-14-12-26(13-15-27)24(3)45/h9-15,17-18,23,28,31-33,50H,16,19-21H2,1-8H3,(H,42,49)/b11-9+,22-10+/t23-,28?,31+,32-,33?,39?,40-/m0/s1. The average Bonchev–Trinajstić information content (AvgIpc) is 3.80. The number of aliphatic hydroxyl groups is 1. The number of hydrogen-bond donors (Lipinski definition) is 2. The molecule has 0 aromatic heterocycles. The van der Waals surface area contributed by atoms with E-state index >= 15 is 0 Å². The molecule has 296 valence electrons. The number of halogens is 1. The molecule has 0 aliphatic carbocycles. The van der Waals surface area contributed by atoms with E-state index in [4.69, 9.17) is 35.3 Å². The van der Waals surface area contributed by atoms with Crippen molar-refractivity contribution in [2.24, 2.45) is 0 Å². The first-order valence-electron chi connectivity index (χ1n) is 17.9. The third-order valence-corrected chi connectivity index (χ3v) is 10.9. The number of ether oxygens (including phenoxy) is 5. The maximum Gasteiger partial charge on any atom is 0.409 e. The highest BCUT2D eigenvalue weighted by Gasteiger charge is 2.61. The van der Waals surface area contributed by atoms with E-state index in [2.05, 4.69) is 5.32 Å². The van der Waals surface area contributed by atoms with Crippen molar-refractivity contribution in [2.75, 3.05) is 33.2 Å². The number of rotatable bonds is 7. The summed E-state index contributed by atoms with van der Waals surface area (Å²) in [5.74, 6) is -1.55. The molecule has 2 N–H and O–H groups in total. The SMILES string of the molecule is COc1cc2cc(c1Cl)N(C)C(=O)C[C@H](OC(=O)[C@H](C)N(C)C(=O)c1ccc(C(C)=O)cc1)C1(C)OC1CC1C[C@@](O)(NC(=O)O1)[C@H](OC)/C=C/C=C(\C)C2. The van der Waals surface area contributed by atoms with Crippen molar-refractivity contribution < 1.29 is 52.8 Å². The normalized spacial score (nSPS) is 29.0. The van der Waals surface area contributed by atoms with Crippen LogP contribution >= 0.6 is 11.6 Å². The number of alkyl carbamates (subject to hydrolysis) is 1. The second-order valence-electron chi connectivity index (χ2n) is 14.5. The fourth-order valence-corrected chi connectivity index (χ4v) is 7.19. The number of nitrogens with zero attached hydrogens (tertiary/aromatic N) is 2. The van der Waals surface area contributed by atoms with E-state index in [1.165, 1.54) is 69.2 Å². The van der Waals surface area contributed by atoms with Crippen LogP contribution in [0.25, 0.3) is 0 Å². The van der Waals surface area contributed by atoms with E-state index in [0.29, 0.717) is 23.4 Å². The molecule has 0 spiro atoms. The van der Waals surface area contributed by atoms with Gasteiger partial charge >= 0.3 is 12.1 Å². The molecule has 3 amide bonds. The Morgan fingerprint density at radius 1 is 1.13 bits per heavy atom. The van der Waals surface area contributed by atoms with Crippen molar-refractivity contribution in [1.29, 1.82) is 0 Å². The first kappa shape index (κ1) is 41.4. The van der Waals surface area contributed by atoms with Gasteiger partial charge in [-0.1, -0.05) is 47.5 Å². The number of esters is 1. The van der Waals surface area contributed by atoms with Gasteiger partial charge in [0.15, 0.2) is 11.5 Å². The largest absolute Gasteiger partial charge is 0.495 e.